The molecule has 10 heteroatoms. The van der Waals surface area contributed by atoms with Crippen LogP contribution in [0.15, 0.2) is 42.4 Å². The molecule has 0 atom stereocenters. The van der Waals surface area contributed by atoms with E-state index in [1.807, 2.05) is 0 Å². The fourth-order valence-corrected chi connectivity index (χ4v) is 1.10. The molecular weight excluding hydrogens is 310 g/mol. The maximum absolute atomic E-state index is 12.6. The van der Waals surface area contributed by atoms with Crippen LogP contribution < -0.4 is 9.47 Å². The predicted octanol–water partition coefficient (Wildman–Crippen LogP) is 4.21. The highest BCUT2D eigenvalue weighted by molar-refractivity contribution is 5.88. The highest BCUT2D eigenvalue weighted by Crippen LogP contribution is 2.28. The van der Waals surface area contributed by atoms with E-state index < -0.39 is 47.2 Å². The fraction of sp³-hybridized carbons (Fsp3) is 0. The molecule has 0 saturated heterocycles. The molecule has 0 spiro atoms. The van der Waals surface area contributed by atoms with Crippen molar-refractivity contribution < 1.29 is 45.7 Å². The van der Waals surface area contributed by atoms with E-state index in [0.29, 0.717) is 18.2 Å². The number of ether oxygens (including phenoxy) is 2. The molecule has 4 nitrogen and oxygen atoms in total. The van der Waals surface area contributed by atoms with Gasteiger partial charge in [-0.3, -0.25) is 0 Å². The molecule has 0 amide bonds. The van der Waals surface area contributed by atoms with Crippen LogP contribution in [0, 0.1) is 0 Å². The second-order valence-electron chi connectivity index (χ2n) is 3.27. The number of carboxylic acids is 1. The second-order valence-corrected chi connectivity index (χ2v) is 3.27. The maximum Gasteiger partial charge on any atom is 0.344 e. The minimum Gasteiger partial charge on any atom is -0.478 e. The standard InChI is InChI=1S/C11H4F6O4/c12-7(13)9(16)20-5-1-4(11(18)19)2-6(3-5)21-10(17)8(14)15/h1-3H,(H,18,19). The molecule has 0 unspecified atom stereocenters. The Morgan fingerprint density at radius 3 is 1.48 bits per heavy atom. The first-order valence-corrected chi connectivity index (χ1v) is 4.86. The van der Waals surface area contributed by atoms with E-state index in [2.05, 4.69) is 9.47 Å². The van der Waals surface area contributed by atoms with Crippen molar-refractivity contribution in [3.63, 3.8) is 0 Å². The quantitative estimate of drug-likeness (QED) is 0.653. The van der Waals surface area contributed by atoms with Gasteiger partial charge in [0.25, 0.3) is 0 Å². The Morgan fingerprint density at radius 1 is 0.810 bits per heavy atom. The van der Waals surface area contributed by atoms with Gasteiger partial charge in [-0.2, -0.15) is 26.3 Å². The van der Waals surface area contributed by atoms with Gasteiger partial charge in [-0.15, -0.1) is 0 Å². The van der Waals surface area contributed by atoms with Crippen molar-refractivity contribution in [3.05, 3.63) is 47.9 Å². The molecule has 0 radical (unpaired) electrons. The minimum atomic E-state index is -2.83. The Labute approximate surface area is 112 Å². The van der Waals surface area contributed by atoms with Gasteiger partial charge in [-0.25, -0.2) is 4.79 Å². The summed E-state index contributed by atoms with van der Waals surface area (Å²) in [4.78, 5) is 10.7. The lowest BCUT2D eigenvalue weighted by molar-refractivity contribution is 0.0695. The normalized spacial score (nSPS) is 9.81. The summed E-state index contributed by atoms with van der Waals surface area (Å²) in [5.74, 6) is -3.27. The number of carbonyl (C=O) groups is 1. The fourth-order valence-electron chi connectivity index (χ4n) is 1.10. The van der Waals surface area contributed by atoms with Crippen LogP contribution in [0.1, 0.15) is 10.4 Å². The summed E-state index contributed by atoms with van der Waals surface area (Å²) in [6.07, 6.45) is -5.67. The van der Waals surface area contributed by atoms with Crippen LogP contribution in [0.25, 0.3) is 0 Å². The highest BCUT2D eigenvalue weighted by atomic mass is 19.3. The molecule has 0 fully saturated rings. The van der Waals surface area contributed by atoms with E-state index in [0.717, 1.165) is 0 Å². The minimum absolute atomic E-state index is 0.539. The van der Waals surface area contributed by atoms with Crippen molar-refractivity contribution in [2.24, 2.45) is 0 Å². The van der Waals surface area contributed by atoms with Crippen molar-refractivity contribution in [2.75, 3.05) is 0 Å². The number of hydrogen-bond acceptors (Lipinski definition) is 3. The summed E-state index contributed by atoms with van der Waals surface area (Å²) in [6.45, 7) is 0. The van der Waals surface area contributed by atoms with Gasteiger partial charge in [-0.1, -0.05) is 0 Å². The van der Waals surface area contributed by atoms with Crippen LogP contribution in [0.4, 0.5) is 26.3 Å². The third-order valence-electron chi connectivity index (χ3n) is 1.84. The van der Waals surface area contributed by atoms with Gasteiger partial charge in [0.1, 0.15) is 11.5 Å². The monoisotopic (exact) mass is 314 g/mol. The SMILES string of the molecule is O=C(O)c1cc(OC(F)=C(F)F)cc(OC(F)=C(F)F)c1. The number of rotatable bonds is 5. The Balaban J connectivity index is 3.21. The lowest BCUT2D eigenvalue weighted by Crippen LogP contribution is -2.00. The number of hydrogen-bond donors (Lipinski definition) is 1. The van der Waals surface area contributed by atoms with E-state index in [4.69, 9.17) is 5.11 Å². The molecule has 0 saturated carbocycles. The Morgan fingerprint density at radius 2 is 1.19 bits per heavy atom. The van der Waals surface area contributed by atoms with E-state index in [1.54, 1.807) is 0 Å². The molecular formula is C11H4F6O4. The van der Waals surface area contributed by atoms with Gasteiger partial charge in [0, 0.05) is 6.07 Å². The van der Waals surface area contributed by atoms with Crippen LogP contribution in [0.3, 0.4) is 0 Å². The zero-order valence-electron chi connectivity index (χ0n) is 9.67. The van der Waals surface area contributed by atoms with Gasteiger partial charge in [0.05, 0.1) is 5.56 Å². The average Bonchev–Trinajstić information content (AvgIpc) is 2.37. The maximum atomic E-state index is 12.6. The summed E-state index contributed by atoms with van der Waals surface area (Å²) in [5, 5.41) is 8.70. The number of carboxylic acid groups (broad SMARTS) is 1. The summed E-state index contributed by atoms with van der Waals surface area (Å²) in [6, 6.07) is -2.93. The number of aromatic carboxylic acids is 1. The first-order chi connectivity index (χ1) is 9.70. The smallest absolute Gasteiger partial charge is 0.344 e. The molecule has 114 valence electrons. The van der Waals surface area contributed by atoms with Gasteiger partial charge in [0.2, 0.25) is 0 Å². The van der Waals surface area contributed by atoms with Crippen molar-refractivity contribution in [1.82, 2.24) is 0 Å². The summed E-state index contributed by atoms with van der Waals surface area (Å²) < 4.78 is 80.5. The number of halogens is 6. The van der Waals surface area contributed by atoms with E-state index in [9.17, 15) is 31.1 Å². The lowest BCUT2D eigenvalue weighted by Gasteiger charge is -2.07. The highest BCUT2D eigenvalue weighted by Gasteiger charge is 2.15. The topological polar surface area (TPSA) is 55.8 Å². The summed E-state index contributed by atoms with van der Waals surface area (Å²) in [5.41, 5.74) is -0.693. The lowest BCUT2D eigenvalue weighted by atomic mass is 10.2. The Bertz CT molecular complexity index is 573. The van der Waals surface area contributed by atoms with E-state index >= 15 is 0 Å². The van der Waals surface area contributed by atoms with Gasteiger partial charge >= 0.3 is 30.2 Å². The zero-order chi connectivity index (χ0) is 16.2. The predicted molar refractivity (Wildman–Crippen MR) is 55.4 cm³/mol. The molecule has 1 rings (SSSR count). The number of benzene rings is 1. The average molecular weight is 314 g/mol. The molecule has 21 heavy (non-hydrogen) atoms. The molecule has 0 bridgehead atoms. The first kappa shape index (κ1) is 16.4. The Hall–Kier alpha value is -2.65. The molecule has 0 aliphatic heterocycles. The molecule has 1 aromatic carbocycles. The summed E-state index contributed by atoms with van der Waals surface area (Å²) in [7, 11) is 0. The zero-order valence-corrected chi connectivity index (χ0v) is 9.67. The van der Waals surface area contributed by atoms with Crippen LogP contribution in [-0.4, -0.2) is 11.1 Å². The molecule has 1 aromatic rings. The van der Waals surface area contributed by atoms with Gasteiger partial charge < -0.3 is 14.6 Å². The molecule has 0 aliphatic carbocycles. The van der Waals surface area contributed by atoms with Gasteiger partial charge in [-0.05, 0) is 12.1 Å². The van der Waals surface area contributed by atoms with Crippen molar-refractivity contribution in [1.29, 1.82) is 0 Å². The van der Waals surface area contributed by atoms with Gasteiger partial charge in [0.15, 0.2) is 0 Å². The molecule has 0 aliphatic rings. The largest absolute Gasteiger partial charge is 0.478 e. The molecule has 1 N–H and O–H groups in total. The second kappa shape index (κ2) is 6.68. The van der Waals surface area contributed by atoms with Crippen molar-refractivity contribution in [2.45, 2.75) is 0 Å². The first-order valence-electron chi connectivity index (χ1n) is 4.86. The molecule has 0 heterocycles. The van der Waals surface area contributed by atoms with Crippen molar-refractivity contribution >= 4 is 5.97 Å². The van der Waals surface area contributed by atoms with E-state index in [1.165, 1.54) is 0 Å². The van der Waals surface area contributed by atoms with Crippen LogP contribution >= 0.6 is 0 Å². The molecule has 0 aromatic heterocycles. The van der Waals surface area contributed by atoms with E-state index in [-0.39, 0.29) is 0 Å². The third-order valence-corrected chi connectivity index (χ3v) is 1.84. The third kappa shape index (κ3) is 4.75. The van der Waals surface area contributed by atoms with Crippen molar-refractivity contribution in [3.8, 4) is 11.5 Å². The van der Waals surface area contributed by atoms with Crippen LogP contribution in [0.2, 0.25) is 0 Å². The van der Waals surface area contributed by atoms with Crippen LogP contribution in [0.5, 0.6) is 11.5 Å². The Kier molecular flexibility index (Phi) is 5.22. The van der Waals surface area contributed by atoms with Crippen LogP contribution in [-0.2, 0) is 0 Å². The summed E-state index contributed by atoms with van der Waals surface area (Å²) >= 11 is 0.